The van der Waals surface area contributed by atoms with Crippen LogP contribution in [-0.4, -0.2) is 78.9 Å². The van der Waals surface area contributed by atoms with Crippen LogP contribution in [0.3, 0.4) is 0 Å². The fraction of sp³-hybridized carbons (Fsp3) is 0.591. The highest BCUT2D eigenvalue weighted by Gasteiger charge is 2.42. The van der Waals surface area contributed by atoms with Gasteiger partial charge in [0.1, 0.15) is 0 Å². The smallest absolute Gasteiger partial charge is 0.243 e. The normalized spacial score (nSPS) is 22.2. The zero-order chi connectivity index (χ0) is 23.1. The minimum atomic E-state index is -3.69. The number of ether oxygens (including phenoxy) is 2. The molecular formula is C22H28N4O6S. The molecule has 3 fully saturated rings. The Balaban J connectivity index is 1.20. The number of hydrogen-bond donors (Lipinski definition) is 0. The van der Waals surface area contributed by atoms with Crippen molar-refractivity contribution in [3.8, 4) is 11.4 Å². The first-order chi connectivity index (χ1) is 15.9. The second kappa shape index (κ2) is 8.79. The van der Waals surface area contributed by atoms with Crippen LogP contribution in [0.25, 0.3) is 11.4 Å². The molecule has 4 heterocycles. The molecule has 1 aromatic heterocycles. The summed E-state index contributed by atoms with van der Waals surface area (Å²) < 4.78 is 44.4. The monoisotopic (exact) mass is 476 g/mol. The predicted molar refractivity (Wildman–Crippen MR) is 116 cm³/mol. The van der Waals surface area contributed by atoms with Crippen LogP contribution in [0.2, 0.25) is 0 Å². The van der Waals surface area contributed by atoms with Crippen LogP contribution in [-0.2, 0) is 24.3 Å². The molecule has 0 atom stereocenters. The molecule has 2 aromatic rings. The molecule has 10 nitrogen and oxygen atoms in total. The SMILES string of the molecule is Cc1nc(-c2cccc(S(=O)(=O)N3CCC(C(=O)N4CCC5(CC4)OCCO5)CC3)c2)no1. The van der Waals surface area contributed by atoms with Gasteiger partial charge in [-0.15, -0.1) is 0 Å². The largest absolute Gasteiger partial charge is 0.347 e. The topological polar surface area (TPSA) is 115 Å². The van der Waals surface area contributed by atoms with Crippen molar-refractivity contribution in [1.29, 1.82) is 0 Å². The Labute approximate surface area is 192 Å². The average Bonchev–Trinajstić information content (AvgIpc) is 3.48. The van der Waals surface area contributed by atoms with Crippen molar-refractivity contribution in [2.45, 2.75) is 43.3 Å². The first-order valence-corrected chi connectivity index (χ1v) is 12.8. The van der Waals surface area contributed by atoms with Gasteiger partial charge < -0.3 is 18.9 Å². The number of benzene rings is 1. The van der Waals surface area contributed by atoms with E-state index in [0.29, 0.717) is 82.4 Å². The van der Waals surface area contributed by atoms with E-state index >= 15 is 0 Å². The Morgan fingerprint density at radius 2 is 1.79 bits per heavy atom. The van der Waals surface area contributed by atoms with Gasteiger partial charge >= 0.3 is 0 Å². The minimum absolute atomic E-state index is 0.106. The molecular weight excluding hydrogens is 448 g/mol. The highest BCUT2D eigenvalue weighted by atomic mass is 32.2. The van der Waals surface area contributed by atoms with Crippen LogP contribution < -0.4 is 0 Å². The van der Waals surface area contributed by atoms with Crippen molar-refractivity contribution in [3.05, 3.63) is 30.2 Å². The lowest BCUT2D eigenvalue weighted by Gasteiger charge is -2.40. The number of hydrogen-bond acceptors (Lipinski definition) is 8. The Bertz CT molecular complexity index is 1110. The van der Waals surface area contributed by atoms with Crippen molar-refractivity contribution in [1.82, 2.24) is 19.3 Å². The van der Waals surface area contributed by atoms with Crippen LogP contribution in [0.15, 0.2) is 33.7 Å². The molecule has 11 heteroatoms. The lowest BCUT2D eigenvalue weighted by molar-refractivity contribution is -0.188. The van der Waals surface area contributed by atoms with Gasteiger partial charge in [0.05, 0.1) is 18.1 Å². The molecule has 1 amide bonds. The molecule has 0 radical (unpaired) electrons. The van der Waals surface area contributed by atoms with E-state index in [9.17, 15) is 13.2 Å². The molecule has 33 heavy (non-hydrogen) atoms. The summed E-state index contributed by atoms with van der Waals surface area (Å²) in [7, 11) is -3.69. The van der Waals surface area contributed by atoms with Gasteiger partial charge in [-0.3, -0.25) is 4.79 Å². The zero-order valence-electron chi connectivity index (χ0n) is 18.6. The molecule has 3 aliphatic heterocycles. The van der Waals surface area contributed by atoms with Gasteiger partial charge in [-0.2, -0.15) is 9.29 Å². The molecule has 0 unspecified atom stereocenters. The number of carbonyl (C=O) groups is 1. The fourth-order valence-corrected chi connectivity index (χ4v) is 6.33. The van der Waals surface area contributed by atoms with Crippen LogP contribution in [0.5, 0.6) is 0 Å². The maximum Gasteiger partial charge on any atom is 0.243 e. The van der Waals surface area contributed by atoms with E-state index in [4.69, 9.17) is 14.0 Å². The van der Waals surface area contributed by atoms with E-state index < -0.39 is 15.8 Å². The summed E-state index contributed by atoms with van der Waals surface area (Å²) in [5.74, 6) is 0.199. The van der Waals surface area contributed by atoms with Gasteiger partial charge in [0, 0.05) is 57.4 Å². The number of amides is 1. The number of sulfonamides is 1. The van der Waals surface area contributed by atoms with Gasteiger partial charge in [0.2, 0.25) is 27.6 Å². The van der Waals surface area contributed by atoms with Crippen molar-refractivity contribution in [2.75, 3.05) is 39.4 Å². The second-order valence-corrected chi connectivity index (χ2v) is 10.7. The van der Waals surface area contributed by atoms with Gasteiger partial charge in [-0.05, 0) is 25.0 Å². The van der Waals surface area contributed by atoms with E-state index in [0.717, 1.165) is 0 Å². The molecule has 5 rings (SSSR count). The van der Waals surface area contributed by atoms with E-state index in [2.05, 4.69) is 10.1 Å². The molecule has 0 aliphatic carbocycles. The average molecular weight is 477 g/mol. The molecule has 178 valence electrons. The number of rotatable bonds is 4. The number of nitrogens with zero attached hydrogens (tertiary/aromatic N) is 4. The molecule has 0 N–H and O–H groups in total. The van der Waals surface area contributed by atoms with Gasteiger partial charge in [-0.1, -0.05) is 17.3 Å². The number of carbonyl (C=O) groups excluding carboxylic acids is 1. The van der Waals surface area contributed by atoms with Gasteiger partial charge in [-0.25, -0.2) is 8.42 Å². The summed E-state index contributed by atoms with van der Waals surface area (Å²) in [4.78, 5) is 19.3. The fourth-order valence-electron chi connectivity index (χ4n) is 4.82. The van der Waals surface area contributed by atoms with Gasteiger partial charge in [0.25, 0.3) is 0 Å². The third-order valence-electron chi connectivity index (χ3n) is 6.71. The maximum atomic E-state index is 13.2. The molecule has 1 aromatic carbocycles. The maximum absolute atomic E-state index is 13.2. The van der Waals surface area contributed by atoms with E-state index in [-0.39, 0.29) is 16.7 Å². The Morgan fingerprint density at radius 1 is 1.09 bits per heavy atom. The number of aryl methyl sites for hydroxylation is 1. The summed E-state index contributed by atoms with van der Waals surface area (Å²) in [6, 6.07) is 6.55. The van der Waals surface area contributed by atoms with Crippen molar-refractivity contribution < 1.29 is 27.2 Å². The Kier molecular flexibility index (Phi) is 5.98. The van der Waals surface area contributed by atoms with Crippen LogP contribution in [0.1, 0.15) is 31.6 Å². The highest BCUT2D eigenvalue weighted by Crippen LogP contribution is 2.33. The van der Waals surface area contributed by atoms with Crippen molar-refractivity contribution in [3.63, 3.8) is 0 Å². The summed E-state index contributed by atoms with van der Waals surface area (Å²) in [6.45, 7) is 4.75. The van der Waals surface area contributed by atoms with Crippen LogP contribution >= 0.6 is 0 Å². The Morgan fingerprint density at radius 3 is 2.42 bits per heavy atom. The van der Waals surface area contributed by atoms with Crippen LogP contribution in [0.4, 0.5) is 0 Å². The first-order valence-electron chi connectivity index (χ1n) is 11.3. The van der Waals surface area contributed by atoms with E-state index in [1.54, 1.807) is 31.2 Å². The minimum Gasteiger partial charge on any atom is -0.347 e. The number of piperidine rings is 2. The lowest BCUT2D eigenvalue weighted by atomic mass is 9.94. The highest BCUT2D eigenvalue weighted by molar-refractivity contribution is 7.89. The van der Waals surface area contributed by atoms with Crippen LogP contribution in [0, 0.1) is 12.8 Å². The second-order valence-electron chi connectivity index (χ2n) is 8.78. The van der Waals surface area contributed by atoms with Gasteiger partial charge in [0.15, 0.2) is 5.79 Å². The molecule has 3 saturated heterocycles. The summed E-state index contributed by atoms with van der Waals surface area (Å²) >= 11 is 0. The summed E-state index contributed by atoms with van der Waals surface area (Å²) in [5.41, 5.74) is 0.580. The summed E-state index contributed by atoms with van der Waals surface area (Å²) in [6.07, 6.45) is 2.39. The zero-order valence-corrected chi connectivity index (χ0v) is 19.4. The van der Waals surface area contributed by atoms with Crippen molar-refractivity contribution in [2.24, 2.45) is 5.92 Å². The molecule has 0 bridgehead atoms. The lowest BCUT2D eigenvalue weighted by Crippen LogP contribution is -2.50. The summed E-state index contributed by atoms with van der Waals surface area (Å²) in [5, 5.41) is 3.87. The van der Waals surface area contributed by atoms with E-state index in [1.807, 2.05) is 4.90 Å². The Hall–Kier alpha value is -2.34. The molecule has 3 aliphatic rings. The number of aromatic nitrogens is 2. The quantitative estimate of drug-likeness (QED) is 0.656. The van der Waals surface area contributed by atoms with E-state index in [1.165, 1.54) is 4.31 Å². The molecule has 1 spiro atoms. The third-order valence-corrected chi connectivity index (χ3v) is 8.61. The van der Waals surface area contributed by atoms with Crippen molar-refractivity contribution >= 4 is 15.9 Å². The predicted octanol–water partition coefficient (Wildman–Crippen LogP) is 1.81. The molecule has 0 saturated carbocycles. The first kappa shape index (κ1) is 22.5. The third kappa shape index (κ3) is 4.42. The number of likely N-dealkylation sites (tertiary alicyclic amines) is 1. The standard InChI is InChI=1S/C22H28N4O6S/c1-16-23-20(24-32-16)18-3-2-4-19(15-18)33(28,29)26-9-5-17(6-10-26)21(27)25-11-7-22(8-12-25)30-13-14-31-22/h2-4,15,17H,5-14H2,1H3.